The summed E-state index contributed by atoms with van der Waals surface area (Å²) in [4.78, 5) is 5.37. The molecule has 0 heterocycles. The molecule has 0 unspecified atom stereocenters. The second-order valence-electron chi connectivity index (χ2n) is 26.1. The van der Waals surface area contributed by atoms with E-state index in [1.54, 1.807) is 0 Å². The molecule has 0 bridgehead atoms. The number of anilines is 6. The average Bonchev–Trinajstić information content (AvgIpc) is 3.30. The van der Waals surface area contributed by atoms with Crippen molar-refractivity contribution < 1.29 is 0 Å². The van der Waals surface area contributed by atoms with Crippen molar-refractivity contribution in [1.82, 2.24) is 0 Å². The van der Waals surface area contributed by atoms with Crippen LogP contribution >= 0.6 is 0 Å². The van der Waals surface area contributed by atoms with Gasteiger partial charge in [-0.2, -0.15) is 0 Å². The fraction of sp³-hybridized carbons (Fsp3) is 0.457. The molecule has 0 aliphatic rings. The molecule has 0 fully saturated rings. The first kappa shape index (κ1) is 54.4. The normalized spacial score (nSPS) is 12.8. The van der Waals surface area contributed by atoms with Gasteiger partial charge in [0.15, 0.2) is 0 Å². The first-order valence-electron chi connectivity index (χ1n) is 27.8. The number of hydrogen-bond acceptors (Lipinski definition) is 2. The van der Waals surface area contributed by atoms with Crippen molar-refractivity contribution >= 4 is 55.7 Å². The Kier molecular flexibility index (Phi) is 15.8. The van der Waals surface area contributed by atoms with E-state index < -0.39 is 0 Å². The zero-order valence-electron chi connectivity index (χ0n) is 48.9. The van der Waals surface area contributed by atoms with Crippen LogP contribution in [-0.4, -0.2) is 0 Å². The summed E-state index contributed by atoms with van der Waals surface area (Å²) in [6, 6.07) is 44.8. The summed E-state index contributed by atoms with van der Waals surface area (Å²) in [5.41, 5.74) is 20.7. The fourth-order valence-electron chi connectivity index (χ4n) is 10.2. The molecule has 2 heteroatoms. The minimum Gasteiger partial charge on any atom is -0.309 e. The predicted octanol–water partition coefficient (Wildman–Crippen LogP) is 22.5. The highest BCUT2D eigenvalue weighted by Gasteiger charge is 2.31. The molecule has 0 N–H and O–H groups in total. The van der Waals surface area contributed by atoms with Crippen LogP contribution in [0.15, 0.2) is 109 Å². The highest BCUT2D eigenvalue weighted by atomic mass is 15.2. The van der Waals surface area contributed by atoms with Crippen molar-refractivity contribution in [3.05, 3.63) is 165 Å². The standard InChI is InChI=1S/C70H92N2/c1-41(2)49-27-50(42(3)4)32-59(31-49)71(60-33-51(43(5)6)28-52(34-60)44(7)8)67-63-25-23-58(70(20,21)22)40-66(63)68(64-26-24-57(39-65(64)67)69(17,18)19)72(61-35-53(45(9)10)29-54(36-61)46(11)12)62-37-55(47(13)14)30-56(38-62)48(15)16/h23-48H,1-22H3. The van der Waals surface area contributed by atoms with Crippen LogP contribution in [0.2, 0.25) is 0 Å². The lowest BCUT2D eigenvalue weighted by Gasteiger charge is -2.36. The Morgan fingerprint density at radius 1 is 0.250 bits per heavy atom. The van der Waals surface area contributed by atoms with Crippen LogP contribution in [0, 0.1) is 0 Å². The van der Waals surface area contributed by atoms with Gasteiger partial charge in [0.25, 0.3) is 0 Å². The molecule has 0 aliphatic carbocycles. The van der Waals surface area contributed by atoms with E-state index in [1.807, 2.05) is 0 Å². The van der Waals surface area contributed by atoms with E-state index in [-0.39, 0.29) is 10.8 Å². The third-order valence-corrected chi connectivity index (χ3v) is 15.5. The topological polar surface area (TPSA) is 6.48 Å². The Hall–Kier alpha value is -5.34. The molecule has 7 aromatic rings. The lowest BCUT2D eigenvalue weighted by Crippen LogP contribution is -2.18. The second kappa shape index (κ2) is 20.9. The summed E-state index contributed by atoms with van der Waals surface area (Å²) in [6.07, 6.45) is 0. The Labute approximate surface area is 438 Å². The SMILES string of the molecule is CC(C)c1cc(C(C)C)cc(N(c2cc(C(C)C)cc(C(C)C)c2)c2c3ccc(C(C)(C)C)cc3c(N(c3cc(C(C)C)cc(C(C)C)c3)c3cc(C(C)C)cc(C(C)C)c3)c3ccc(C(C)(C)C)cc23)c1. The molecule has 0 radical (unpaired) electrons. The van der Waals surface area contributed by atoms with Crippen molar-refractivity contribution in [2.45, 2.75) is 210 Å². The molecule has 0 amide bonds. The maximum absolute atomic E-state index is 2.68. The van der Waals surface area contributed by atoms with Gasteiger partial charge in [-0.05, 0) is 174 Å². The second-order valence-corrected chi connectivity index (χ2v) is 26.1. The van der Waals surface area contributed by atoms with Crippen LogP contribution in [-0.2, 0) is 10.8 Å². The molecule has 0 aliphatic heterocycles. The van der Waals surface area contributed by atoms with Crippen LogP contribution in [0.5, 0.6) is 0 Å². The molecule has 7 aromatic carbocycles. The van der Waals surface area contributed by atoms with Crippen LogP contribution in [0.1, 0.15) is 255 Å². The van der Waals surface area contributed by atoms with Gasteiger partial charge in [-0.1, -0.05) is 201 Å². The van der Waals surface area contributed by atoms with Crippen molar-refractivity contribution in [3.8, 4) is 0 Å². The van der Waals surface area contributed by atoms with Gasteiger partial charge < -0.3 is 9.80 Å². The number of fused-ring (bicyclic) bond motifs is 2. The summed E-state index contributed by atoms with van der Waals surface area (Å²) < 4.78 is 0. The summed E-state index contributed by atoms with van der Waals surface area (Å²) >= 11 is 0. The summed E-state index contributed by atoms with van der Waals surface area (Å²) in [6.45, 7) is 51.8. The molecule has 0 aromatic heterocycles. The van der Waals surface area contributed by atoms with E-state index in [0.29, 0.717) is 47.3 Å². The van der Waals surface area contributed by atoms with E-state index in [4.69, 9.17) is 0 Å². The predicted molar refractivity (Wildman–Crippen MR) is 321 cm³/mol. The Bertz CT molecular complexity index is 2620. The van der Waals surface area contributed by atoms with Crippen LogP contribution < -0.4 is 9.80 Å². The monoisotopic (exact) mass is 961 g/mol. The summed E-state index contributed by atoms with van der Waals surface area (Å²) in [5, 5.41) is 5.01. The number of hydrogen-bond donors (Lipinski definition) is 0. The van der Waals surface area contributed by atoms with Gasteiger partial charge in [0.1, 0.15) is 0 Å². The van der Waals surface area contributed by atoms with Crippen LogP contribution in [0.25, 0.3) is 21.5 Å². The summed E-state index contributed by atoms with van der Waals surface area (Å²) in [7, 11) is 0. The van der Waals surface area contributed by atoms with Gasteiger partial charge in [0, 0.05) is 44.3 Å². The van der Waals surface area contributed by atoms with Gasteiger partial charge in [-0.25, -0.2) is 0 Å². The van der Waals surface area contributed by atoms with E-state index in [2.05, 4.69) is 271 Å². The summed E-state index contributed by atoms with van der Waals surface area (Å²) in [5.74, 6) is 2.88. The zero-order valence-corrected chi connectivity index (χ0v) is 48.9. The van der Waals surface area contributed by atoms with Gasteiger partial charge >= 0.3 is 0 Å². The molecule has 0 spiro atoms. The molecule has 7 rings (SSSR count). The molecule has 72 heavy (non-hydrogen) atoms. The highest BCUT2D eigenvalue weighted by Crippen LogP contribution is 2.54. The molecule has 382 valence electrons. The number of rotatable bonds is 14. The zero-order chi connectivity index (χ0) is 53.0. The van der Waals surface area contributed by atoms with Crippen molar-refractivity contribution in [2.75, 3.05) is 9.80 Å². The molecule has 0 saturated heterocycles. The quantitative estimate of drug-likeness (QED) is 0.0792. The largest absolute Gasteiger partial charge is 0.309 e. The van der Waals surface area contributed by atoms with Gasteiger partial charge in [-0.15, -0.1) is 0 Å². The molecule has 0 atom stereocenters. The highest BCUT2D eigenvalue weighted by molar-refractivity contribution is 6.23. The van der Waals surface area contributed by atoms with E-state index in [0.717, 1.165) is 0 Å². The van der Waals surface area contributed by atoms with Gasteiger partial charge in [0.2, 0.25) is 0 Å². The van der Waals surface area contributed by atoms with Crippen molar-refractivity contribution in [3.63, 3.8) is 0 Å². The van der Waals surface area contributed by atoms with E-state index in [9.17, 15) is 0 Å². The Morgan fingerprint density at radius 3 is 0.611 bits per heavy atom. The first-order chi connectivity index (χ1) is 33.5. The fourth-order valence-corrected chi connectivity index (χ4v) is 10.2. The van der Waals surface area contributed by atoms with E-state index in [1.165, 1.54) is 111 Å². The molecule has 0 saturated carbocycles. The van der Waals surface area contributed by atoms with Crippen molar-refractivity contribution in [2.24, 2.45) is 0 Å². The third kappa shape index (κ3) is 11.2. The molecule has 2 nitrogen and oxygen atoms in total. The lowest BCUT2D eigenvalue weighted by atomic mass is 9.82. The number of nitrogens with zero attached hydrogens (tertiary/aromatic N) is 2. The molecular weight excluding hydrogens is 869 g/mol. The van der Waals surface area contributed by atoms with Gasteiger partial charge in [-0.3, -0.25) is 0 Å². The Morgan fingerprint density at radius 2 is 0.444 bits per heavy atom. The maximum atomic E-state index is 2.68. The number of benzene rings is 7. The minimum atomic E-state index is -0.0958. The average molecular weight is 962 g/mol. The maximum Gasteiger partial charge on any atom is 0.0620 e. The Balaban J connectivity index is 1.83. The van der Waals surface area contributed by atoms with Crippen LogP contribution in [0.4, 0.5) is 34.1 Å². The smallest absolute Gasteiger partial charge is 0.0620 e. The van der Waals surface area contributed by atoms with Crippen molar-refractivity contribution in [1.29, 1.82) is 0 Å². The van der Waals surface area contributed by atoms with E-state index >= 15 is 0 Å². The van der Waals surface area contributed by atoms with Crippen LogP contribution in [0.3, 0.4) is 0 Å². The van der Waals surface area contributed by atoms with Gasteiger partial charge in [0.05, 0.1) is 11.4 Å². The first-order valence-corrected chi connectivity index (χ1v) is 27.8. The lowest BCUT2D eigenvalue weighted by molar-refractivity contribution is 0.590. The third-order valence-electron chi connectivity index (χ3n) is 15.5. The molecular formula is C70H92N2. The minimum absolute atomic E-state index is 0.0958.